The topological polar surface area (TPSA) is 46.5 Å². The van der Waals surface area contributed by atoms with Crippen LogP contribution in [-0.4, -0.2) is 24.3 Å². The van der Waals surface area contributed by atoms with E-state index in [1.54, 1.807) is 0 Å². The van der Waals surface area contributed by atoms with E-state index in [9.17, 15) is 9.90 Å². The number of ether oxygens (including phenoxy) is 1. The van der Waals surface area contributed by atoms with Crippen LogP contribution in [0.5, 0.6) is 0 Å². The fraction of sp³-hybridized carbons (Fsp3) is 0.650. The molecule has 0 aromatic heterocycles. The standard InChI is InChI=1S/C20H34O3/c1-16(2)9-6-10-17(3)11-7-12-18(4)13-8-14-19(21)15-20(22)23-5/h9,11,13,19,21H,6-8,10,12,14-15H2,1-5H3. The third kappa shape index (κ3) is 14.0. The Bertz CT molecular complexity index is 426. The second-order valence-electron chi connectivity index (χ2n) is 6.47. The summed E-state index contributed by atoms with van der Waals surface area (Å²) < 4.78 is 4.54. The first-order chi connectivity index (χ1) is 10.8. The van der Waals surface area contributed by atoms with Gasteiger partial charge in [-0.1, -0.05) is 34.9 Å². The highest BCUT2D eigenvalue weighted by atomic mass is 16.5. The van der Waals surface area contributed by atoms with Crippen LogP contribution in [0, 0.1) is 0 Å². The van der Waals surface area contributed by atoms with E-state index in [0.29, 0.717) is 6.42 Å². The maximum Gasteiger partial charge on any atom is 0.308 e. The van der Waals surface area contributed by atoms with Crippen molar-refractivity contribution < 1.29 is 14.6 Å². The van der Waals surface area contributed by atoms with E-state index in [-0.39, 0.29) is 12.4 Å². The molecular formula is C20H34O3. The number of carbonyl (C=O) groups is 1. The van der Waals surface area contributed by atoms with Gasteiger partial charge in [-0.3, -0.25) is 4.79 Å². The van der Waals surface area contributed by atoms with Gasteiger partial charge in [-0.25, -0.2) is 0 Å². The van der Waals surface area contributed by atoms with Gasteiger partial charge in [0.05, 0.1) is 19.6 Å². The smallest absolute Gasteiger partial charge is 0.308 e. The third-order valence-electron chi connectivity index (χ3n) is 3.75. The highest BCUT2D eigenvalue weighted by molar-refractivity contribution is 5.69. The van der Waals surface area contributed by atoms with E-state index in [2.05, 4.69) is 50.7 Å². The van der Waals surface area contributed by atoms with Crippen molar-refractivity contribution in [2.24, 2.45) is 0 Å². The van der Waals surface area contributed by atoms with Crippen molar-refractivity contribution >= 4 is 5.97 Å². The molecular weight excluding hydrogens is 288 g/mol. The number of hydrogen-bond acceptors (Lipinski definition) is 3. The highest BCUT2D eigenvalue weighted by Crippen LogP contribution is 2.13. The first-order valence-corrected chi connectivity index (χ1v) is 8.54. The summed E-state index contributed by atoms with van der Waals surface area (Å²) in [6, 6.07) is 0. The predicted molar refractivity (Wildman–Crippen MR) is 97.3 cm³/mol. The molecule has 0 amide bonds. The summed E-state index contributed by atoms with van der Waals surface area (Å²) in [7, 11) is 1.34. The van der Waals surface area contributed by atoms with Gasteiger partial charge >= 0.3 is 5.97 Å². The molecule has 1 unspecified atom stereocenters. The molecule has 1 atom stereocenters. The van der Waals surface area contributed by atoms with Gasteiger partial charge in [0, 0.05) is 0 Å². The largest absolute Gasteiger partial charge is 0.469 e. The van der Waals surface area contributed by atoms with Gasteiger partial charge < -0.3 is 9.84 Å². The number of esters is 1. The average molecular weight is 322 g/mol. The summed E-state index contributed by atoms with van der Waals surface area (Å²) in [6.07, 6.45) is 12.0. The second kappa shape index (κ2) is 13.1. The van der Waals surface area contributed by atoms with Crippen LogP contribution in [0.2, 0.25) is 0 Å². The zero-order chi connectivity index (χ0) is 17.7. The Labute approximate surface area is 142 Å². The summed E-state index contributed by atoms with van der Waals surface area (Å²) >= 11 is 0. The minimum Gasteiger partial charge on any atom is -0.469 e. The fourth-order valence-electron chi connectivity index (χ4n) is 2.24. The van der Waals surface area contributed by atoms with Crippen LogP contribution in [0.3, 0.4) is 0 Å². The molecule has 0 heterocycles. The molecule has 0 aromatic rings. The molecule has 132 valence electrons. The Morgan fingerprint density at radius 2 is 1.48 bits per heavy atom. The van der Waals surface area contributed by atoms with Crippen molar-refractivity contribution in [2.75, 3.05) is 7.11 Å². The SMILES string of the molecule is COC(=O)CC(O)CCC=C(C)CCC=C(C)CCC=C(C)C. The Balaban J connectivity index is 3.93. The maximum absolute atomic E-state index is 11.0. The highest BCUT2D eigenvalue weighted by Gasteiger charge is 2.09. The van der Waals surface area contributed by atoms with Gasteiger partial charge in [0.15, 0.2) is 0 Å². The lowest BCUT2D eigenvalue weighted by atomic mass is 10.0. The third-order valence-corrected chi connectivity index (χ3v) is 3.75. The summed E-state index contributed by atoms with van der Waals surface area (Å²) in [5.74, 6) is -0.355. The van der Waals surface area contributed by atoms with Crippen molar-refractivity contribution in [3.63, 3.8) is 0 Å². The molecule has 0 radical (unpaired) electrons. The molecule has 0 bridgehead atoms. The predicted octanol–water partition coefficient (Wildman–Crippen LogP) is 5.11. The van der Waals surface area contributed by atoms with Crippen LogP contribution in [-0.2, 0) is 9.53 Å². The van der Waals surface area contributed by atoms with E-state index >= 15 is 0 Å². The summed E-state index contributed by atoms with van der Waals surface area (Å²) in [5.41, 5.74) is 4.17. The molecule has 0 aliphatic heterocycles. The average Bonchev–Trinajstić information content (AvgIpc) is 2.46. The summed E-state index contributed by atoms with van der Waals surface area (Å²) in [6.45, 7) is 8.59. The number of aliphatic hydroxyl groups is 1. The van der Waals surface area contributed by atoms with Crippen molar-refractivity contribution in [1.82, 2.24) is 0 Å². The van der Waals surface area contributed by atoms with E-state index < -0.39 is 6.10 Å². The fourth-order valence-corrected chi connectivity index (χ4v) is 2.24. The minimum atomic E-state index is -0.608. The van der Waals surface area contributed by atoms with Gasteiger partial charge in [-0.2, -0.15) is 0 Å². The second-order valence-corrected chi connectivity index (χ2v) is 6.47. The van der Waals surface area contributed by atoms with Gasteiger partial charge in [0.2, 0.25) is 0 Å². The van der Waals surface area contributed by atoms with Crippen molar-refractivity contribution in [3.05, 3.63) is 34.9 Å². The molecule has 3 heteroatoms. The van der Waals surface area contributed by atoms with Crippen LogP contribution < -0.4 is 0 Å². The van der Waals surface area contributed by atoms with Crippen molar-refractivity contribution in [3.8, 4) is 0 Å². The molecule has 0 aliphatic rings. The summed E-state index contributed by atoms with van der Waals surface area (Å²) in [5, 5.41) is 9.69. The maximum atomic E-state index is 11.0. The number of methoxy groups -OCH3 is 1. The Kier molecular flexibility index (Phi) is 12.4. The van der Waals surface area contributed by atoms with Crippen LogP contribution >= 0.6 is 0 Å². The Morgan fingerprint density at radius 3 is 2.00 bits per heavy atom. The molecule has 0 spiro atoms. The van der Waals surface area contributed by atoms with Crippen molar-refractivity contribution in [1.29, 1.82) is 0 Å². The molecule has 0 saturated heterocycles. The quantitative estimate of drug-likeness (QED) is 0.425. The lowest BCUT2D eigenvalue weighted by Crippen LogP contribution is -2.14. The Morgan fingerprint density at radius 1 is 0.957 bits per heavy atom. The molecule has 0 fully saturated rings. The van der Waals surface area contributed by atoms with E-state index in [0.717, 1.165) is 32.1 Å². The molecule has 23 heavy (non-hydrogen) atoms. The zero-order valence-electron chi connectivity index (χ0n) is 15.5. The lowest BCUT2D eigenvalue weighted by molar-refractivity contribution is -0.142. The zero-order valence-corrected chi connectivity index (χ0v) is 15.5. The Hall–Kier alpha value is -1.35. The van der Waals surface area contributed by atoms with Gasteiger partial charge in [0.25, 0.3) is 0 Å². The number of aliphatic hydroxyl groups excluding tert-OH is 1. The molecule has 0 aliphatic carbocycles. The number of allylic oxidation sites excluding steroid dienone is 6. The number of hydrogen-bond donors (Lipinski definition) is 1. The molecule has 0 rings (SSSR count). The van der Waals surface area contributed by atoms with Crippen molar-refractivity contribution in [2.45, 2.75) is 78.7 Å². The van der Waals surface area contributed by atoms with E-state index in [1.165, 1.54) is 23.8 Å². The first-order valence-electron chi connectivity index (χ1n) is 8.54. The van der Waals surface area contributed by atoms with E-state index in [4.69, 9.17) is 0 Å². The minimum absolute atomic E-state index is 0.0804. The summed E-state index contributed by atoms with van der Waals surface area (Å²) in [4.78, 5) is 11.0. The monoisotopic (exact) mass is 322 g/mol. The van der Waals surface area contributed by atoms with Crippen LogP contribution in [0.15, 0.2) is 34.9 Å². The van der Waals surface area contributed by atoms with Crippen LogP contribution in [0.1, 0.15) is 72.6 Å². The van der Waals surface area contributed by atoms with Crippen LogP contribution in [0.4, 0.5) is 0 Å². The first kappa shape index (κ1) is 21.6. The lowest BCUT2D eigenvalue weighted by Gasteiger charge is -2.07. The normalized spacial score (nSPS) is 13.7. The molecule has 1 N–H and O–H groups in total. The number of carbonyl (C=O) groups excluding carboxylic acids is 1. The van der Waals surface area contributed by atoms with Gasteiger partial charge in [-0.05, 0) is 66.2 Å². The van der Waals surface area contributed by atoms with E-state index in [1.807, 2.05) is 0 Å². The van der Waals surface area contributed by atoms with Gasteiger partial charge in [0.1, 0.15) is 0 Å². The van der Waals surface area contributed by atoms with Gasteiger partial charge in [-0.15, -0.1) is 0 Å². The van der Waals surface area contributed by atoms with Crippen LogP contribution in [0.25, 0.3) is 0 Å². The molecule has 0 saturated carbocycles. The number of rotatable bonds is 11. The molecule has 3 nitrogen and oxygen atoms in total. The molecule has 0 aromatic carbocycles.